The minimum absolute atomic E-state index is 0.117. The number of methoxy groups -OCH3 is 1. The van der Waals surface area contributed by atoms with Gasteiger partial charge in [0.1, 0.15) is 17.3 Å². The van der Waals surface area contributed by atoms with Crippen molar-refractivity contribution in [2.24, 2.45) is 0 Å². The summed E-state index contributed by atoms with van der Waals surface area (Å²) in [5.41, 5.74) is 2.15. The van der Waals surface area contributed by atoms with Gasteiger partial charge in [-0.15, -0.1) is 0 Å². The first-order valence-corrected chi connectivity index (χ1v) is 9.38. The maximum Gasteiger partial charge on any atom is 0.278 e. The third kappa shape index (κ3) is 3.80. The van der Waals surface area contributed by atoms with Crippen LogP contribution in [0, 0.1) is 5.82 Å². The number of carbonyl (C=O) groups excluding carboxylic acids is 2. The van der Waals surface area contributed by atoms with Crippen molar-refractivity contribution in [3.8, 4) is 5.75 Å². The first-order valence-electron chi connectivity index (χ1n) is 9.38. The first-order chi connectivity index (χ1) is 14.6. The van der Waals surface area contributed by atoms with Crippen LogP contribution in [0.3, 0.4) is 0 Å². The van der Waals surface area contributed by atoms with Gasteiger partial charge in [0.2, 0.25) is 0 Å². The van der Waals surface area contributed by atoms with Crippen LogP contribution < -0.4 is 10.1 Å². The van der Waals surface area contributed by atoms with Crippen molar-refractivity contribution in [2.75, 3.05) is 12.4 Å². The van der Waals surface area contributed by atoms with Crippen molar-refractivity contribution in [3.05, 3.63) is 102 Å². The predicted octanol–water partition coefficient (Wildman–Crippen LogP) is 4.23. The van der Waals surface area contributed by atoms with Crippen molar-refractivity contribution in [1.82, 2.24) is 4.90 Å². The molecule has 1 heterocycles. The Balaban J connectivity index is 1.74. The smallest absolute Gasteiger partial charge is 0.278 e. The molecule has 6 heteroatoms. The summed E-state index contributed by atoms with van der Waals surface area (Å²) >= 11 is 0. The summed E-state index contributed by atoms with van der Waals surface area (Å²) in [4.78, 5) is 27.6. The molecule has 3 aromatic carbocycles. The van der Waals surface area contributed by atoms with Crippen LogP contribution in [-0.4, -0.2) is 23.8 Å². The van der Waals surface area contributed by atoms with Crippen LogP contribution in [0.25, 0.3) is 5.57 Å². The maximum absolute atomic E-state index is 13.7. The molecule has 2 amide bonds. The van der Waals surface area contributed by atoms with E-state index in [2.05, 4.69) is 5.32 Å². The van der Waals surface area contributed by atoms with E-state index in [-0.39, 0.29) is 17.8 Å². The van der Waals surface area contributed by atoms with E-state index in [0.717, 1.165) is 5.56 Å². The van der Waals surface area contributed by atoms with E-state index in [4.69, 9.17) is 4.74 Å². The molecule has 0 saturated carbocycles. The van der Waals surface area contributed by atoms with E-state index in [0.29, 0.717) is 17.0 Å². The molecule has 0 aromatic heterocycles. The van der Waals surface area contributed by atoms with Crippen LogP contribution in [0.4, 0.5) is 10.1 Å². The lowest BCUT2D eigenvalue weighted by molar-refractivity contribution is -0.137. The third-order valence-electron chi connectivity index (χ3n) is 4.82. The third-order valence-corrected chi connectivity index (χ3v) is 4.82. The number of rotatable bonds is 6. The molecule has 0 aliphatic carbocycles. The number of anilines is 1. The highest BCUT2D eigenvalue weighted by Crippen LogP contribution is 2.32. The van der Waals surface area contributed by atoms with E-state index in [1.807, 2.05) is 30.3 Å². The van der Waals surface area contributed by atoms with Gasteiger partial charge in [0, 0.05) is 5.69 Å². The number of imide groups is 1. The standard InChI is InChI=1S/C24H19FN2O3/c1-30-20-12-10-17(11-13-20)21-22(26-19-9-5-8-18(25)14-19)24(29)27(23(21)28)15-16-6-3-2-4-7-16/h2-14,26H,15H2,1H3. The van der Waals surface area contributed by atoms with Crippen molar-refractivity contribution in [2.45, 2.75) is 6.54 Å². The second-order valence-corrected chi connectivity index (χ2v) is 6.80. The molecule has 0 saturated heterocycles. The molecule has 0 atom stereocenters. The number of hydrogen-bond acceptors (Lipinski definition) is 4. The zero-order valence-corrected chi connectivity index (χ0v) is 16.3. The summed E-state index contributed by atoms with van der Waals surface area (Å²) in [7, 11) is 1.55. The van der Waals surface area contributed by atoms with Gasteiger partial charge >= 0.3 is 0 Å². The predicted molar refractivity (Wildman–Crippen MR) is 112 cm³/mol. The van der Waals surface area contributed by atoms with Gasteiger partial charge in [-0.2, -0.15) is 0 Å². The zero-order valence-electron chi connectivity index (χ0n) is 16.3. The first kappa shape index (κ1) is 19.4. The fourth-order valence-corrected chi connectivity index (χ4v) is 3.34. The summed E-state index contributed by atoms with van der Waals surface area (Å²) in [5, 5.41) is 2.95. The molecular weight excluding hydrogens is 383 g/mol. The molecule has 0 fully saturated rings. The maximum atomic E-state index is 13.7. The van der Waals surface area contributed by atoms with Crippen molar-refractivity contribution in [3.63, 3.8) is 0 Å². The van der Waals surface area contributed by atoms with Crippen molar-refractivity contribution in [1.29, 1.82) is 0 Å². The number of ether oxygens (including phenoxy) is 1. The molecule has 0 spiro atoms. The van der Waals surface area contributed by atoms with Gasteiger partial charge in [0.05, 0.1) is 19.2 Å². The molecule has 0 unspecified atom stereocenters. The number of hydrogen-bond donors (Lipinski definition) is 1. The van der Waals surface area contributed by atoms with Crippen LogP contribution in [0.1, 0.15) is 11.1 Å². The number of halogens is 1. The van der Waals surface area contributed by atoms with Crippen LogP contribution >= 0.6 is 0 Å². The van der Waals surface area contributed by atoms with E-state index in [9.17, 15) is 14.0 Å². The van der Waals surface area contributed by atoms with E-state index < -0.39 is 17.6 Å². The summed E-state index contributed by atoms with van der Waals surface area (Å²) in [6.07, 6.45) is 0. The monoisotopic (exact) mass is 402 g/mol. The summed E-state index contributed by atoms with van der Waals surface area (Å²) in [6.45, 7) is 0.145. The molecule has 1 aliphatic heterocycles. The van der Waals surface area contributed by atoms with E-state index >= 15 is 0 Å². The number of nitrogens with zero attached hydrogens (tertiary/aromatic N) is 1. The highest BCUT2D eigenvalue weighted by molar-refractivity contribution is 6.36. The molecule has 4 rings (SSSR count). The summed E-state index contributed by atoms with van der Waals surface area (Å²) in [5.74, 6) is -0.673. The molecule has 0 radical (unpaired) electrons. The number of amides is 2. The van der Waals surface area contributed by atoms with Crippen LogP contribution in [0.2, 0.25) is 0 Å². The summed E-state index contributed by atoms with van der Waals surface area (Å²) in [6, 6.07) is 21.9. The van der Waals surface area contributed by atoms with Gasteiger partial charge in [-0.05, 0) is 41.5 Å². The van der Waals surface area contributed by atoms with Crippen LogP contribution in [0.15, 0.2) is 84.6 Å². The van der Waals surface area contributed by atoms with Crippen molar-refractivity contribution >= 4 is 23.1 Å². The minimum Gasteiger partial charge on any atom is -0.497 e. The van der Waals surface area contributed by atoms with Gasteiger partial charge in [0.15, 0.2) is 0 Å². The second-order valence-electron chi connectivity index (χ2n) is 6.80. The normalized spacial score (nSPS) is 13.7. The lowest BCUT2D eigenvalue weighted by Gasteiger charge is -2.15. The molecule has 1 N–H and O–H groups in total. The van der Waals surface area contributed by atoms with Crippen molar-refractivity contribution < 1.29 is 18.7 Å². The highest BCUT2D eigenvalue weighted by Gasteiger charge is 2.39. The molecule has 0 bridgehead atoms. The van der Waals surface area contributed by atoms with Gasteiger partial charge in [-0.1, -0.05) is 48.5 Å². The second kappa shape index (κ2) is 8.21. The Labute approximate surface area is 173 Å². The topological polar surface area (TPSA) is 58.6 Å². The number of benzene rings is 3. The van der Waals surface area contributed by atoms with Crippen LogP contribution in [-0.2, 0) is 16.1 Å². The van der Waals surface area contributed by atoms with Gasteiger partial charge < -0.3 is 10.1 Å². The molecular formula is C24H19FN2O3. The van der Waals surface area contributed by atoms with E-state index in [1.165, 1.54) is 23.1 Å². The highest BCUT2D eigenvalue weighted by atomic mass is 19.1. The van der Waals surface area contributed by atoms with Crippen LogP contribution in [0.5, 0.6) is 5.75 Å². The average molecular weight is 402 g/mol. The Morgan fingerprint density at radius 1 is 0.900 bits per heavy atom. The van der Waals surface area contributed by atoms with Gasteiger partial charge in [-0.3, -0.25) is 14.5 Å². The van der Waals surface area contributed by atoms with E-state index in [1.54, 1.807) is 37.4 Å². The Morgan fingerprint density at radius 2 is 1.63 bits per heavy atom. The Morgan fingerprint density at radius 3 is 2.30 bits per heavy atom. The summed E-state index contributed by atoms with van der Waals surface area (Å²) < 4.78 is 18.8. The Kier molecular flexibility index (Phi) is 5.30. The molecule has 1 aliphatic rings. The van der Waals surface area contributed by atoms with Gasteiger partial charge in [-0.25, -0.2) is 4.39 Å². The SMILES string of the molecule is COc1ccc(C2=C(Nc3cccc(F)c3)C(=O)N(Cc3ccccc3)C2=O)cc1. The Bertz CT molecular complexity index is 1120. The van der Waals surface area contributed by atoms with Gasteiger partial charge in [0.25, 0.3) is 11.8 Å². The lowest BCUT2D eigenvalue weighted by Crippen LogP contribution is -2.31. The fourth-order valence-electron chi connectivity index (χ4n) is 3.34. The largest absolute Gasteiger partial charge is 0.497 e. The average Bonchev–Trinajstić information content (AvgIpc) is 2.99. The fraction of sp³-hybridized carbons (Fsp3) is 0.0833. The molecule has 150 valence electrons. The quantitative estimate of drug-likeness (QED) is 0.627. The number of carbonyl (C=O) groups is 2. The lowest BCUT2D eigenvalue weighted by atomic mass is 10.0. The molecule has 30 heavy (non-hydrogen) atoms. The Hall–Kier alpha value is -3.93. The number of nitrogens with one attached hydrogen (secondary N) is 1. The minimum atomic E-state index is -0.459. The molecule has 3 aromatic rings. The molecule has 5 nitrogen and oxygen atoms in total. The zero-order chi connectivity index (χ0) is 21.1.